The molecule has 1 aromatic heterocycles. The zero-order valence-electron chi connectivity index (χ0n) is 13.0. The van der Waals surface area contributed by atoms with Crippen molar-refractivity contribution in [1.29, 1.82) is 0 Å². The van der Waals surface area contributed by atoms with Crippen LogP contribution in [0.5, 0.6) is 0 Å². The molecule has 2 heterocycles. The van der Waals surface area contributed by atoms with Crippen molar-refractivity contribution < 1.29 is 14.1 Å². The Kier molecular flexibility index (Phi) is 4.87. The van der Waals surface area contributed by atoms with E-state index in [1.807, 2.05) is 18.2 Å². The lowest BCUT2D eigenvalue weighted by molar-refractivity contribution is 0.0910. The molecule has 1 fully saturated rings. The van der Waals surface area contributed by atoms with Gasteiger partial charge in [-0.25, -0.2) is 4.79 Å². The number of hydrogen-bond acceptors (Lipinski definition) is 5. The molecule has 0 radical (unpaired) electrons. The van der Waals surface area contributed by atoms with Crippen LogP contribution in [-0.2, 0) is 11.3 Å². The molecule has 2 N–H and O–H groups in total. The van der Waals surface area contributed by atoms with Crippen LogP contribution in [0.3, 0.4) is 0 Å². The summed E-state index contributed by atoms with van der Waals surface area (Å²) in [6, 6.07) is 9.85. The number of carbonyl (C=O) groups is 1. The number of carbonyl (C=O) groups excluding carboxylic acids is 1. The van der Waals surface area contributed by atoms with Crippen molar-refractivity contribution in [1.82, 2.24) is 20.8 Å². The van der Waals surface area contributed by atoms with Crippen molar-refractivity contribution in [2.75, 3.05) is 13.2 Å². The smallest absolute Gasteiger partial charge is 0.315 e. The van der Waals surface area contributed by atoms with Gasteiger partial charge in [-0.3, -0.25) is 0 Å². The number of ether oxygens (including phenoxy) is 1. The zero-order valence-corrected chi connectivity index (χ0v) is 13.0. The van der Waals surface area contributed by atoms with Gasteiger partial charge in [-0.2, -0.15) is 4.98 Å². The SMILES string of the molecule is Cc1noc(CNC(=O)NC[C@@H]2CCO[C@H]2c2ccccc2)n1. The summed E-state index contributed by atoms with van der Waals surface area (Å²) in [4.78, 5) is 15.9. The third-order valence-corrected chi connectivity index (χ3v) is 3.84. The molecule has 0 unspecified atom stereocenters. The molecule has 0 bridgehead atoms. The fourth-order valence-electron chi connectivity index (χ4n) is 2.71. The molecule has 1 aromatic carbocycles. The maximum absolute atomic E-state index is 11.9. The maximum Gasteiger partial charge on any atom is 0.315 e. The first kappa shape index (κ1) is 15.5. The molecule has 0 aliphatic carbocycles. The Morgan fingerprint density at radius 2 is 2.13 bits per heavy atom. The highest BCUT2D eigenvalue weighted by atomic mass is 16.5. The van der Waals surface area contributed by atoms with Crippen LogP contribution >= 0.6 is 0 Å². The third kappa shape index (κ3) is 4.07. The predicted molar refractivity (Wildman–Crippen MR) is 82.5 cm³/mol. The standard InChI is InChI=1S/C16H20N4O3/c1-11-19-14(23-20-11)10-18-16(21)17-9-13-7-8-22-15(13)12-5-3-2-4-6-12/h2-6,13,15H,7-10H2,1H3,(H2,17,18,21)/t13-,15-/m0/s1. The van der Waals surface area contributed by atoms with Gasteiger partial charge in [0.2, 0.25) is 5.89 Å². The predicted octanol–water partition coefficient (Wildman–Crippen LogP) is 1.96. The Balaban J connectivity index is 1.46. The highest BCUT2D eigenvalue weighted by Crippen LogP contribution is 2.33. The van der Waals surface area contributed by atoms with Gasteiger partial charge in [-0.05, 0) is 18.9 Å². The molecule has 1 saturated heterocycles. The molecular weight excluding hydrogens is 296 g/mol. The van der Waals surface area contributed by atoms with Crippen LogP contribution in [0.1, 0.15) is 29.8 Å². The highest BCUT2D eigenvalue weighted by molar-refractivity contribution is 5.73. The average molecular weight is 316 g/mol. The average Bonchev–Trinajstić information content (AvgIpc) is 3.20. The fraction of sp³-hybridized carbons (Fsp3) is 0.438. The van der Waals surface area contributed by atoms with Gasteiger partial charge in [0.25, 0.3) is 0 Å². The van der Waals surface area contributed by atoms with Gasteiger partial charge in [-0.15, -0.1) is 0 Å². The summed E-state index contributed by atoms with van der Waals surface area (Å²) in [6.45, 7) is 3.23. The minimum absolute atomic E-state index is 0.0371. The second-order valence-corrected chi connectivity index (χ2v) is 5.55. The molecular formula is C16H20N4O3. The summed E-state index contributed by atoms with van der Waals surface area (Å²) in [7, 11) is 0. The first-order valence-corrected chi connectivity index (χ1v) is 7.70. The van der Waals surface area contributed by atoms with Crippen LogP contribution in [-0.4, -0.2) is 29.3 Å². The topological polar surface area (TPSA) is 89.3 Å². The minimum atomic E-state index is -0.250. The van der Waals surface area contributed by atoms with E-state index in [0.717, 1.165) is 18.6 Å². The number of aryl methyl sites for hydroxylation is 1. The molecule has 2 aromatic rings. The van der Waals surface area contributed by atoms with Gasteiger partial charge in [0.05, 0.1) is 12.6 Å². The summed E-state index contributed by atoms with van der Waals surface area (Å²) >= 11 is 0. The largest absolute Gasteiger partial charge is 0.373 e. The molecule has 1 aliphatic rings. The maximum atomic E-state index is 11.9. The van der Waals surface area contributed by atoms with Crippen molar-refractivity contribution in [3.05, 3.63) is 47.6 Å². The first-order chi connectivity index (χ1) is 11.2. The van der Waals surface area contributed by atoms with Crippen molar-refractivity contribution in [3.8, 4) is 0 Å². The van der Waals surface area contributed by atoms with Gasteiger partial charge in [-0.1, -0.05) is 35.5 Å². The number of urea groups is 1. The molecule has 0 spiro atoms. The number of amides is 2. The van der Waals surface area contributed by atoms with Gasteiger partial charge < -0.3 is 19.9 Å². The Bertz CT molecular complexity index is 644. The molecule has 2 atom stereocenters. The van der Waals surface area contributed by atoms with E-state index in [1.165, 1.54) is 0 Å². The molecule has 23 heavy (non-hydrogen) atoms. The second kappa shape index (κ2) is 7.23. The van der Waals surface area contributed by atoms with E-state index in [4.69, 9.17) is 9.26 Å². The van der Waals surface area contributed by atoms with E-state index in [9.17, 15) is 4.79 Å². The van der Waals surface area contributed by atoms with E-state index in [2.05, 4.69) is 32.9 Å². The third-order valence-electron chi connectivity index (χ3n) is 3.84. The van der Waals surface area contributed by atoms with Crippen LogP contribution in [0.2, 0.25) is 0 Å². The highest BCUT2D eigenvalue weighted by Gasteiger charge is 2.29. The molecule has 1 aliphatic heterocycles. The monoisotopic (exact) mass is 316 g/mol. The first-order valence-electron chi connectivity index (χ1n) is 7.70. The van der Waals surface area contributed by atoms with E-state index >= 15 is 0 Å². The van der Waals surface area contributed by atoms with E-state index in [-0.39, 0.29) is 24.6 Å². The summed E-state index contributed by atoms with van der Waals surface area (Å²) in [6.07, 6.45) is 0.970. The number of nitrogens with zero attached hydrogens (tertiary/aromatic N) is 2. The Hall–Kier alpha value is -2.41. The summed E-state index contributed by atoms with van der Waals surface area (Å²) in [5, 5.41) is 9.26. The quantitative estimate of drug-likeness (QED) is 0.880. The van der Waals surface area contributed by atoms with Gasteiger partial charge in [0.1, 0.15) is 0 Å². The van der Waals surface area contributed by atoms with Crippen molar-refractivity contribution >= 4 is 6.03 Å². The Morgan fingerprint density at radius 1 is 1.30 bits per heavy atom. The van der Waals surface area contributed by atoms with E-state index in [1.54, 1.807) is 6.92 Å². The Labute approximate surface area is 134 Å². The fourth-order valence-corrected chi connectivity index (χ4v) is 2.71. The van der Waals surface area contributed by atoms with Gasteiger partial charge in [0, 0.05) is 19.1 Å². The van der Waals surface area contributed by atoms with Gasteiger partial charge >= 0.3 is 6.03 Å². The lowest BCUT2D eigenvalue weighted by Crippen LogP contribution is -2.38. The molecule has 2 amide bonds. The van der Waals surface area contributed by atoms with Crippen LogP contribution < -0.4 is 10.6 Å². The van der Waals surface area contributed by atoms with Crippen molar-refractivity contribution in [2.24, 2.45) is 5.92 Å². The zero-order chi connectivity index (χ0) is 16.1. The summed E-state index contributed by atoms with van der Waals surface area (Å²) < 4.78 is 10.8. The lowest BCUT2D eigenvalue weighted by Gasteiger charge is -2.19. The van der Waals surface area contributed by atoms with Crippen LogP contribution in [0, 0.1) is 12.8 Å². The molecule has 0 saturated carbocycles. The molecule has 7 heteroatoms. The number of hydrogen-bond donors (Lipinski definition) is 2. The van der Waals surface area contributed by atoms with Crippen LogP contribution in [0.4, 0.5) is 4.79 Å². The summed E-state index contributed by atoms with van der Waals surface area (Å²) in [5.41, 5.74) is 1.15. The van der Waals surface area contributed by atoms with Crippen LogP contribution in [0.25, 0.3) is 0 Å². The summed E-state index contributed by atoms with van der Waals surface area (Å²) in [5.74, 6) is 1.22. The minimum Gasteiger partial charge on any atom is -0.373 e. The Morgan fingerprint density at radius 3 is 2.87 bits per heavy atom. The van der Waals surface area contributed by atoms with E-state index in [0.29, 0.717) is 18.3 Å². The molecule has 3 rings (SSSR count). The normalized spacial score (nSPS) is 20.4. The van der Waals surface area contributed by atoms with E-state index < -0.39 is 0 Å². The van der Waals surface area contributed by atoms with Crippen molar-refractivity contribution in [2.45, 2.75) is 26.0 Å². The number of rotatable bonds is 5. The number of nitrogens with one attached hydrogen (secondary N) is 2. The second-order valence-electron chi connectivity index (χ2n) is 5.55. The lowest BCUT2D eigenvalue weighted by atomic mass is 9.95. The molecule has 7 nitrogen and oxygen atoms in total. The number of aromatic nitrogens is 2. The van der Waals surface area contributed by atoms with Crippen molar-refractivity contribution in [3.63, 3.8) is 0 Å². The van der Waals surface area contributed by atoms with Gasteiger partial charge in [0.15, 0.2) is 5.82 Å². The molecule has 122 valence electrons. The number of benzene rings is 1. The van der Waals surface area contributed by atoms with Crippen LogP contribution in [0.15, 0.2) is 34.9 Å².